The van der Waals surface area contributed by atoms with Crippen LogP contribution in [-0.4, -0.2) is 22.6 Å². The number of carbonyl (C=O) groups is 2. The number of hydrazone groups is 1. The summed E-state index contributed by atoms with van der Waals surface area (Å²) in [6.45, 7) is 1.80. The summed E-state index contributed by atoms with van der Waals surface area (Å²) in [5.74, 6) is -0.169. The number of hydrogen-bond acceptors (Lipinski definition) is 7. The number of rotatable bonds is 6. The third-order valence-corrected chi connectivity index (χ3v) is 6.14. The van der Waals surface area contributed by atoms with Crippen LogP contribution >= 0.6 is 0 Å². The molecule has 0 saturated heterocycles. The van der Waals surface area contributed by atoms with Crippen molar-refractivity contribution >= 4 is 34.6 Å². The predicted molar refractivity (Wildman–Crippen MR) is 144 cm³/mol. The Kier molecular flexibility index (Phi) is 7.08. The van der Waals surface area contributed by atoms with Crippen LogP contribution < -0.4 is 10.7 Å². The van der Waals surface area contributed by atoms with Gasteiger partial charge in [-0.1, -0.05) is 30.3 Å². The summed E-state index contributed by atoms with van der Waals surface area (Å²) in [6, 6.07) is 22.7. The van der Waals surface area contributed by atoms with Crippen molar-refractivity contribution in [3.63, 3.8) is 0 Å². The highest BCUT2D eigenvalue weighted by Crippen LogP contribution is 2.31. The van der Waals surface area contributed by atoms with E-state index in [1.165, 1.54) is 12.1 Å². The van der Waals surface area contributed by atoms with Gasteiger partial charge in [-0.3, -0.25) is 9.59 Å². The van der Waals surface area contributed by atoms with Gasteiger partial charge in [0.2, 0.25) is 0 Å². The quantitative estimate of drug-likeness (QED) is 0.205. The van der Waals surface area contributed by atoms with Gasteiger partial charge in [0, 0.05) is 23.2 Å². The monoisotopic (exact) mass is 507 g/mol. The van der Waals surface area contributed by atoms with Gasteiger partial charge in [-0.2, -0.15) is 15.3 Å². The number of nitrogens with one attached hydrogen (secondary N) is 2. The van der Waals surface area contributed by atoms with Gasteiger partial charge < -0.3 is 14.8 Å². The molecule has 5 rings (SSSR count). The Bertz CT molecular complexity index is 1540. The minimum Gasteiger partial charge on any atom is -0.507 e. The zero-order valence-corrected chi connectivity index (χ0v) is 20.6. The number of para-hydroxylation sites is 1. The molecule has 9 heteroatoms. The summed E-state index contributed by atoms with van der Waals surface area (Å²) >= 11 is 0. The first-order valence-corrected chi connectivity index (χ1v) is 12.2. The van der Waals surface area contributed by atoms with Gasteiger partial charge in [0.15, 0.2) is 5.76 Å². The molecule has 3 N–H and O–H groups in total. The average molecular weight is 508 g/mol. The van der Waals surface area contributed by atoms with E-state index in [0.717, 1.165) is 17.7 Å². The molecule has 2 amide bonds. The second-order valence-corrected chi connectivity index (χ2v) is 8.76. The lowest BCUT2D eigenvalue weighted by Gasteiger charge is -2.13. The number of benzene rings is 3. The molecule has 1 aliphatic carbocycles. The number of nitrogens with zero attached hydrogens (tertiary/aromatic N) is 3. The van der Waals surface area contributed by atoms with Gasteiger partial charge in [0.05, 0.1) is 22.6 Å². The van der Waals surface area contributed by atoms with Crippen molar-refractivity contribution in [2.24, 2.45) is 15.3 Å². The molecule has 1 aromatic heterocycles. The topological polar surface area (TPSA) is 129 Å². The fourth-order valence-electron chi connectivity index (χ4n) is 4.25. The normalized spacial score (nSPS) is 13.9. The van der Waals surface area contributed by atoms with Crippen molar-refractivity contribution in [1.82, 2.24) is 5.43 Å². The fraction of sp³-hybridized carbons (Fsp3) is 0.138. The number of hydrogen-bond donors (Lipinski definition) is 3. The van der Waals surface area contributed by atoms with Crippen molar-refractivity contribution in [2.75, 3.05) is 5.32 Å². The number of aromatic hydroxyl groups is 1. The molecule has 3 aromatic carbocycles. The fourth-order valence-corrected chi connectivity index (χ4v) is 4.25. The number of amides is 2. The SMILES string of the molecule is Cc1c(C(=O)Nc2ccc(N=Nc3ccccc3)cc2)oc2c1C(=NNC(=O)c1ccccc1O)CCC2. The minimum atomic E-state index is -0.520. The van der Waals surface area contributed by atoms with Crippen LogP contribution in [-0.2, 0) is 6.42 Å². The molecule has 38 heavy (non-hydrogen) atoms. The highest BCUT2D eigenvalue weighted by atomic mass is 16.4. The maximum absolute atomic E-state index is 13.1. The zero-order valence-electron chi connectivity index (χ0n) is 20.6. The Hall–Kier alpha value is -5.05. The number of phenolic OH excluding ortho intramolecular Hbond substituents is 1. The third kappa shape index (κ3) is 5.36. The first-order chi connectivity index (χ1) is 18.5. The van der Waals surface area contributed by atoms with Crippen molar-refractivity contribution in [2.45, 2.75) is 26.2 Å². The molecule has 4 aromatic rings. The molecule has 0 unspecified atom stereocenters. The minimum absolute atomic E-state index is 0.125. The molecule has 0 spiro atoms. The molecule has 0 radical (unpaired) electrons. The number of carbonyl (C=O) groups excluding carboxylic acids is 2. The van der Waals surface area contributed by atoms with Crippen molar-refractivity contribution in [1.29, 1.82) is 0 Å². The average Bonchev–Trinajstić information content (AvgIpc) is 3.29. The molecular weight excluding hydrogens is 482 g/mol. The first-order valence-electron chi connectivity index (χ1n) is 12.2. The van der Waals surface area contributed by atoms with Crippen LogP contribution in [0.25, 0.3) is 0 Å². The Morgan fingerprint density at radius 2 is 1.53 bits per heavy atom. The van der Waals surface area contributed by atoms with E-state index >= 15 is 0 Å². The lowest BCUT2D eigenvalue weighted by Crippen LogP contribution is -2.22. The smallest absolute Gasteiger partial charge is 0.291 e. The number of aryl methyl sites for hydroxylation is 1. The zero-order chi connectivity index (χ0) is 26.5. The predicted octanol–water partition coefficient (Wildman–Crippen LogP) is 6.43. The summed E-state index contributed by atoms with van der Waals surface area (Å²) in [4.78, 5) is 25.5. The van der Waals surface area contributed by atoms with Gasteiger partial charge in [-0.25, -0.2) is 5.43 Å². The van der Waals surface area contributed by atoms with E-state index in [0.29, 0.717) is 41.3 Å². The number of anilines is 1. The van der Waals surface area contributed by atoms with Crippen LogP contribution in [0.3, 0.4) is 0 Å². The number of furan rings is 1. The van der Waals surface area contributed by atoms with E-state index < -0.39 is 5.91 Å². The maximum Gasteiger partial charge on any atom is 0.291 e. The second kappa shape index (κ2) is 10.9. The van der Waals surface area contributed by atoms with Gasteiger partial charge >= 0.3 is 0 Å². The van der Waals surface area contributed by atoms with E-state index in [4.69, 9.17) is 4.42 Å². The summed E-state index contributed by atoms with van der Waals surface area (Å²) in [6.07, 6.45) is 2.05. The molecule has 0 aliphatic heterocycles. The largest absolute Gasteiger partial charge is 0.507 e. The van der Waals surface area contributed by atoms with Gasteiger partial charge in [0.1, 0.15) is 11.5 Å². The molecule has 9 nitrogen and oxygen atoms in total. The van der Waals surface area contributed by atoms with Crippen LogP contribution in [0.1, 0.15) is 50.6 Å². The highest BCUT2D eigenvalue weighted by Gasteiger charge is 2.28. The number of phenols is 1. The Morgan fingerprint density at radius 3 is 2.26 bits per heavy atom. The van der Waals surface area contributed by atoms with Gasteiger partial charge in [-0.15, -0.1) is 0 Å². The summed E-state index contributed by atoms with van der Waals surface area (Å²) in [5, 5.41) is 25.5. The van der Waals surface area contributed by atoms with Crippen LogP contribution in [0, 0.1) is 6.92 Å². The van der Waals surface area contributed by atoms with E-state index in [9.17, 15) is 14.7 Å². The first kappa shape index (κ1) is 24.6. The van der Waals surface area contributed by atoms with Crippen LogP contribution in [0.2, 0.25) is 0 Å². The third-order valence-electron chi connectivity index (χ3n) is 6.14. The Labute approximate surface area is 218 Å². The van der Waals surface area contributed by atoms with E-state index in [-0.39, 0.29) is 23.0 Å². The van der Waals surface area contributed by atoms with E-state index in [2.05, 4.69) is 26.1 Å². The standard InChI is InChI=1S/C29H25N5O4/c1-18-26-23(33-34-28(36)22-10-5-6-12-24(22)35)11-7-13-25(26)38-27(18)29(37)30-19-14-16-21(17-15-19)32-31-20-8-3-2-4-9-20/h2-6,8-10,12,14-17,35H,7,11,13H2,1H3,(H,30,37)(H,34,36). The van der Waals surface area contributed by atoms with Crippen molar-refractivity contribution in [3.05, 3.63) is 107 Å². The summed E-state index contributed by atoms with van der Waals surface area (Å²) in [5.41, 5.74) is 6.65. The van der Waals surface area contributed by atoms with Gasteiger partial charge in [0.25, 0.3) is 11.8 Å². The second-order valence-electron chi connectivity index (χ2n) is 8.76. The molecule has 0 fully saturated rings. The number of fused-ring (bicyclic) bond motifs is 1. The molecule has 1 heterocycles. The Morgan fingerprint density at radius 1 is 0.842 bits per heavy atom. The Balaban J connectivity index is 1.29. The lowest BCUT2D eigenvalue weighted by atomic mass is 9.93. The molecule has 190 valence electrons. The van der Waals surface area contributed by atoms with Crippen molar-refractivity contribution in [3.8, 4) is 5.75 Å². The van der Waals surface area contributed by atoms with Crippen LogP contribution in [0.15, 0.2) is 98.6 Å². The van der Waals surface area contributed by atoms with Crippen molar-refractivity contribution < 1.29 is 19.1 Å². The summed E-state index contributed by atoms with van der Waals surface area (Å²) in [7, 11) is 0. The lowest BCUT2D eigenvalue weighted by molar-refractivity contribution is 0.0950. The van der Waals surface area contributed by atoms with Crippen LogP contribution in [0.5, 0.6) is 5.75 Å². The summed E-state index contributed by atoms with van der Waals surface area (Å²) < 4.78 is 5.94. The van der Waals surface area contributed by atoms with Crippen LogP contribution in [0.4, 0.5) is 17.1 Å². The maximum atomic E-state index is 13.1. The molecule has 0 atom stereocenters. The number of azo groups is 1. The molecular formula is C29H25N5O4. The molecule has 0 saturated carbocycles. The van der Waals surface area contributed by atoms with E-state index in [1.807, 2.05) is 30.3 Å². The highest BCUT2D eigenvalue weighted by molar-refractivity contribution is 6.09. The van der Waals surface area contributed by atoms with E-state index in [1.54, 1.807) is 43.3 Å². The van der Waals surface area contributed by atoms with Gasteiger partial charge in [-0.05, 0) is 68.3 Å². The molecule has 1 aliphatic rings. The molecule has 0 bridgehead atoms.